The molecule has 4 heteroatoms. The Balaban J connectivity index is 1.92. The number of thioether (sulfide) groups is 1. The first-order valence-corrected chi connectivity index (χ1v) is 7.05. The van der Waals surface area contributed by atoms with E-state index < -0.39 is 0 Å². The molecule has 0 bridgehead atoms. The molecule has 0 saturated heterocycles. The highest BCUT2D eigenvalue weighted by Gasteiger charge is 2.02. The highest BCUT2D eigenvalue weighted by molar-refractivity contribution is 7.97. The van der Waals surface area contributed by atoms with Crippen LogP contribution in [0.15, 0.2) is 42.5 Å². The number of halogens is 2. The van der Waals surface area contributed by atoms with E-state index in [0.717, 1.165) is 27.7 Å². The zero-order valence-corrected chi connectivity index (χ0v) is 11.3. The van der Waals surface area contributed by atoms with Gasteiger partial charge in [-0.15, -0.1) is 0 Å². The summed E-state index contributed by atoms with van der Waals surface area (Å²) < 4.78 is 13.2. The quantitative estimate of drug-likeness (QED) is 0.836. The van der Waals surface area contributed by atoms with Crippen LogP contribution in [-0.4, -0.2) is 0 Å². The van der Waals surface area contributed by atoms with Crippen LogP contribution in [0, 0.1) is 5.82 Å². The first-order valence-electron chi connectivity index (χ1n) is 5.52. The first-order chi connectivity index (χ1) is 8.66. The average molecular weight is 282 g/mol. The highest BCUT2D eigenvalue weighted by Crippen LogP contribution is 2.24. The molecular weight excluding hydrogens is 269 g/mol. The van der Waals surface area contributed by atoms with E-state index >= 15 is 0 Å². The molecule has 0 spiro atoms. The van der Waals surface area contributed by atoms with E-state index in [2.05, 4.69) is 0 Å². The Kier molecular flexibility index (Phi) is 4.50. The van der Waals surface area contributed by atoms with Gasteiger partial charge in [-0.2, -0.15) is 11.8 Å². The van der Waals surface area contributed by atoms with Gasteiger partial charge >= 0.3 is 0 Å². The number of nitrogens with two attached hydrogens (primary N) is 1. The molecule has 0 aliphatic carbocycles. The number of anilines is 1. The maximum absolute atomic E-state index is 13.2. The molecule has 18 heavy (non-hydrogen) atoms. The summed E-state index contributed by atoms with van der Waals surface area (Å²) >= 11 is 7.76. The van der Waals surface area contributed by atoms with E-state index in [9.17, 15) is 4.39 Å². The molecule has 0 saturated carbocycles. The Hall–Kier alpha value is -1.19. The second-order valence-corrected chi connectivity index (χ2v) is 5.33. The number of benzene rings is 2. The zero-order valence-electron chi connectivity index (χ0n) is 9.70. The first kappa shape index (κ1) is 13.2. The molecule has 0 unspecified atom stereocenters. The van der Waals surface area contributed by atoms with Crippen LogP contribution in [-0.2, 0) is 11.5 Å². The Morgan fingerprint density at radius 3 is 2.61 bits per heavy atom. The fourth-order valence-electron chi connectivity index (χ4n) is 1.55. The third kappa shape index (κ3) is 3.40. The van der Waals surface area contributed by atoms with Crippen molar-refractivity contribution in [2.24, 2.45) is 0 Å². The minimum Gasteiger partial charge on any atom is -0.396 e. The molecule has 0 aromatic heterocycles. The molecule has 0 amide bonds. The Bertz CT molecular complexity index is 545. The minimum atomic E-state index is -0.356. The largest absolute Gasteiger partial charge is 0.396 e. The number of hydrogen-bond donors (Lipinski definition) is 1. The van der Waals surface area contributed by atoms with Gasteiger partial charge in [-0.3, -0.25) is 0 Å². The normalized spacial score (nSPS) is 10.6. The van der Waals surface area contributed by atoms with Crippen LogP contribution in [0.2, 0.25) is 5.02 Å². The van der Waals surface area contributed by atoms with Crippen LogP contribution < -0.4 is 5.73 Å². The molecule has 2 aromatic carbocycles. The summed E-state index contributed by atoms with van der Waals surface area (Å²) in [5.74, 6) is 1.19. The summed E-state index contributed by atoms with van der Waals surface area (Å²) in [5.41, 5.74) is 7.65. The summed E-state index contributed by atoms with van der Waals surface area (Å²) in [5, 5.41) is 0.772. The topological polar surface area (TPSA) is 26.0 Å². The molecular formula is C14H13ClFNS. The molecule has 0 fully saturated rings. The Morgan fingerprint density at radius 1 is 1.11 bits per heavy atom. The van der Waals surface area contributed by atoms with Crippen LogP contribution in [0.3, 0.4) is 0 Å². The fourth-order valence-corrected chi connectivity index (χ4v) is 2.83. The van der Waals surface area contributed by atoms with Gasteiger partial charge in [0.05, 0.1) is 5.69 Å². The lowest BCUT2D eigenvalue weighted by Crippen LogP contribution is -1.92. The van der Waals surface area contributed by atoms with E-state index in [1.54, 1.807) is 17.8 Å². The highest BCUT2D eigenvalue weighted by atomic mass is 35.5. The number of rotatable bonds is 4. The molecule has 2 rings (SSSR count). The molecule has 0 radical (unpaired) electrons. The molecule has 94 valence electrons. The summed E-state index contributed by atoms with van der Waals surface area (Å²) in [7, 11) is 0. The second-order valence-electron chi connectivity index (χ2n) is 3.94. The third-order valence-electron chi connectivity index (χ3n) is 2.55. The van der Waals surface area contributed by atoms with Crippen LogP contribution in [0.25, 0.3) is 0 Å². The second kappa shape index (κ2) is 6.12. The maximum Gasteiger partial charge on any atom is 0.146 e. The van der Waals surface area contributed by atoms with Crippen LogP contribution in [0.4, 0.5) is 10.1 Å². The molecule has 2 aromatic rings. The van der Waals surface area contributed by atoms with Gasteiger partial charge in [0, 0.05) is 16.5 Å². The van der Waals surface area contributed by atoms with Gasteiger partial charge in [-0.25, -0.2) is 4.39 Å². The van der Waals surface area contributed by atoms with Gasteiger partial charge in [0.1, 0.15) is 5.82 Å². The van der Waals surface area contributed by atoms with Gasteiger partial charge in [-0.1, -0.05) is 35.9 Å². The average Bonchev–Trinajstić information content (AvgIpc) is 2.36. The fraction of sp³-hybridized carbons (Fsp3) is 0.143. The summed E-state index contributed by atoms with van der Waals surface area (Å²) in [6.07, 6.45) is 0. The molecule has 0 heterocycles. The zero-order chi connectivity index (χ0) is 13.0. The van der Waals surface area contributed by atoms with Crippen molar-refractivity contribution in [3.63, 3.8) is 0 Å². The van der Waals surface area contributed by atoms with Gasteiger partial charge in [-0.05, 0) is 29.3 Å². The number of hydrogen-bond acceptors (Lipinski definition) is 2. The lowest BCUT2D eigenvalue weighted by atomic mass is 10.2. The maximum atomic E-state index is 13.2. The summed E-state index contributed by atoms with van der Waals surface area (Å²) in [6, 6.07) is 12.7. The van der Waals surface area contributed by atoms with Gasteiger partial charge in [0.2, 0.25) is 0 Å². The summed E-state index contributed by atoms with van der Waals surface area (Å²) in [6.45, 7) is 0. The molecule has 0 aliphatic rings. The molecule has 0 atom stereocenters. The smallest absolute Gasteiger partial charge is 0.146 e. The van der Waals surface area contributed by atoms with Gasteiger partial charge in [0.15, 0.2) is 0 Å². The van der Waals surface area contributed by atoms with E-state index in [-0.39, 0.29) is 11.5 Å². The lowest BCUT2D eigenvalue weighted by Gasteiger charge is -2.05. The van der Waals surface area contributed by atoms with Crippen molar-refractivity contribution in [2.45, 2.75) is 11.5 Å². The standard InChI is InChI=1S/C14H13ClFNS/c15-12-4-2-1-3-11(12)9-18-8-10-5-6-14(17)13(16)7-10/h1-7H,8-9,17H2. The molecule has 1 nitrogen and oxygen atoms in total. The minimum absolute atomic E-state index is 0.190. The van der Waals surface area contributed by atoms with E-state index in [4.69, 9.17) is 17.3 Å². The molecule has 2 N–H and O–H groups in total. The van der Waals surface area contributed by atoms with Crippen molar-refractivity contribution in [3.8, 4) is 0 Å². The van der Waals surface area contributed by atoms with Crippen molar-refractivity contribution in [1.82, 2.24) is 0 Å². The Labute approximate surface area is 115 Å². The van der Waals surface area contributed by atoms with Crippen molar-refractivity contribution in [1.29, 1.82) is 0 Å². The Morgan fingerprint density at radius 2 is 1.89 bits per heavy atom. The monoisotopic (exact) mass is 281 g/mol. The predicted octanol–water partition coefficient (Wildman–Crippen LogP) is 4.49. The summed E-state index contributed by atoms with van der Waals surface area (Å²) in [4.78, 5) is 0. The third-order valence-corrected chi connectivity index (χ3v) is 3.97. The van der Waals surface area contributed by atoms with Crippen LogP contribution in [0.5, 0.6) is 0 Å². The number of nitrogen functional groups attached to an aromatic ring is 1. The van der Waals surface area contributed by atoms with Crippen LogP contribution >= 0.6 is 23.4 Å². The van der Waals surface area contributed by atoms with Crippen molar-refractivity contribution < 1.29 is 4.39 Å². The van der Waals surface area contributed by atoms with Gasteiger partial charge < -0.3 is 5.73 Å². The van der Waals surface area contributed by atoms with E-state index in [1.165, 1.54) is 6.07 Å². The van der Waals surface area contributed by atoms with E-state index in [0.29, 0.717) is 0 Å². The van der Waals surface area contributed by atoms with E-state index in [1.807, 2.05) is 30.3 Å². The van der Waals surface area contributed by atoms with Crippen molar-refractivity contribution in [3.05, 3.63) is 64.4 Å². The van der Waals surface area contributed by atoms with Crippen molar-refractivity contribution >= 4 is 29.1 Å². The molecule has 0 aliphatic heterocycles. The predicted molar refractivity (Wildman–Crippen MR) is 77.3 cm³/mol. The SMILES string of the molecule is Nc1ccc(CSCc2ccccc2Cl)cc1F. The lowest BCUT2D eigenvalue weighted by molar-refractivity contribution is 0.631. The van der Waals surface area contributed by atoms with Crippen molar-refractivity contribution in [2.75, 3.05) is 5.73 Å². The van der Waals surface area contributed by atoms with Gasteiger partial charge in [0.25, 0.3) is 0 Å². The van der Waals surface area contributed by atoms with Crippen LogP contribution in [0.1, 0.15) is 11.1 Å².